The smallest absolute Gasteiger partial charge is 0.139 e. The summed E-state index contributed by atoms with van der Waals surface area (Å²) in [7, 11) is 1.72. The van der Waals surface area contributed by atoms with Gasteiger partial charge in [-0.1, -0.05) is 70.6 Å². The van der Waals surface area contributed by atoms with Crippen LogP contribution in [-0.4, -0.2) is 12.9 Å². The molecular weight excluding hydrogens is 404 g/mol. The molecule has 0 spiro atoms. The fourth-order valence-corrected chi connectivity index (χ4v) is 7.94. The summed E-state index contributed by atoms with van der Waals surface area (Å²) in [6.07, 6.45) is 14.1. The number of rotatable bonds is 2. The molecule has 0 aliphatic heterocycles. The van der Waals surface area contributed by atoms with Crippen LogP contribution >= 0.6 is 0 Å². The molecule has 1 aromatic rings. The van der Waals surface area contributed by atoms with Crippen molar-refractivity contribution < 1.29 is 9.53 Å². The van der Waals surface area contributed by atoms with Gasteiger partial charge in [0.1, 0.15) is 11.5 Å². The second-order valence-corrected chi connectivity index (χ2v) is 12.4. The van der Waals surface area contributed by atoms with Crippen LogP contribution in [0, 0.1) is 34.0 Å². The minimum Gasteiger partial charge on any atom is -0.497 e. The molecule has 0 bridgehead atoms. The minimum absolute atomic E-state index is 0.0348. The largest absolute Gasteiger partial charge is 0.497 e. The maximum absolute atomic E-state index is 12.7. The van der Waals surface area contributed by atoms with Crippen molar-refractivity contribution in [2.24, 2.45) is 34.0 Å². The fourth-order valence-electron chi connectivity index (χ4n) is 7.94. The standard InChI is InChI=1S/C31H40O2/c1-29(2,3)28(20-7-10-23(33-6)11-8-20)21-15-17-30(4)22(19-21)9-12-24-25-13-14-27(32)31(25,5)18-16-26(24)30/h7-8,10-11,15,17,19,24-26H,9,12-14,16,18H2,1-6H3/b28-21+/t24-,25-,26-,30-,31-/m0/s1. The van der Waals surface area contributed by atoms with Gasteiger partial charge in [0.05, 0.1) is 7.11 Å². The Balaban J connectivity index is 1.53. The van der Waals surface area contributed by atoms with E-state index in [4.69, 9.17) is 4.74 Å². The van der Waals surface area contributed by atoms with Gasteiger partial charge in [-0.15, -0.1) is 0 Å². The van der Waals surface area contributed by atoms with Crippen molar-refractivity contribution in [2.75, 3.05) is 7.11 Å². The van der Waals surface area contributed by atoms with Crippen LogP contribution in [0.1, 0.15) is 78.7 Å². The molecule has 0 heterocycles. The number of carbonyl (C=O) groups excluding carboxylic acids is 1. The first-order chi connectivity index (χ1) is 15.6. The molecule has 2 nitrogen and oxygen atoms in total. The first kappa shape index (κ1) is 22.7. The number of ketones is 1. The lowest BCUT2D eigenvalue weighted by molar-refractivity contribution is -0.131. The highest BCUT2D eigenvalue weighted by Crippen LogP contribution is 2.64. The third-order valence-electron chi connectivity index (χ3n) is 9.71. The number of Topliss-reactive ketones (excluding diaryl/α,β-unsaturated/α-hetero) is 1. The third kappa shape index (κ3) is 3.47. The zero-order chi connectivity index (χ0) is 23.6. The summed E-state index contributed by atoms with van der Waals surface area (Å²) in [4.78, 5) is 12.7. The Labute approximate surface area is 200 Å². The molecule has 0 aromatic heterocycles. The summed E-state index contributed by atoms with van der Waals surface area (Å²) >= 11 is 0. The SMILES string of the molecule is COc1ccc(/C(=C2/C=C[C@@]3(C)C(=C2)CC[C@@H]2[C@@H]3CC[C@]3(C)C(=O)CC[C@@H]23)C(C)(C)C)cc1. The summed E-state index contributed by atoms with van der Waals surface area (Å²) in [6.45, 7) is 11.7. The Kier molecular flexibility index (Phi) is 5.31. The van der Waals surface area contributed by atoms with Crippen LogP contribution in [0.25, 0.3) is 5.57 Å². The molecule has 1 aromatic carbocycles. The van der Waals surface area contributed by atoms with E-state index >= 15 is 0 Å². The molecule has 5 rings (SSSR count). The Morgan fingerprint density at radius 1 is 1.00 bits per heavy atom. The van der Waals surface area contributed by atoms with E-state index in [2.05, 4.69) is 77.1 Å². The van der Waals surface area contributed by atoms with Crippen molar-refractivity contribution in [3.63, 3.8) is 0 Å². The van der Waals surface area contributed by atoms with Crippen LogP contribution < -0.4 is 4.74 Å². The van der Waals surface area contributed by atoms with E-state index < -0.39 is 0 Å². The van der Waals surface area contributed by atoms with E-state index in [0.29, 0.717) is 23.5 Å². The van der Waals surface area contributed by atoms with Crippen LogP contribution in [0.15, 0.2) is 53.6 Å². The molecule has 5 atom stereocenters. The van der Waals surface area contributed by atoms with Crippen molar-refractivity contribution in [1.29, 1.82) is 0 Å². The molecule has 0 radical (unpaired) electrons. The Morgan fingerprint density at radius 3 is 2.39 bits per heavy atom. The third-order valence-corrected chi connectivity index (χ3v) is 9.71. The molecule has 0 unspecified atom stereocenters. The Hall–Kier alpha value is -2.09. The molecular formula is C31H40O2. The number of carbonyl (C=O) groups is 1. The second kappa shape index (κ2) is 7.72. The van der Waals surface area contributed by atoms with E-state index in [1.165, 1.54) is 29.6 Å². The lowest BCUT2D eigenvalue weighted by Crippen LogP contribution is -2.49. The molecule has 4 aliphatic carbocycles. The van der Waals surface area contributed by atoms with Gasteiger partial charge in [-0.25, -0.2) is 0 Å². The molecule has 3 saturated carbocycles. The summed E-state index contributed by atoms with van der Waals surface area (Å²) < 4.78 is 5.39. The van der Waals surface area contributed by atoms with Crippen LogP contribution in [-0.2, 0) is 4.79 Å². The highest BCUT2D eigenvalue weighted by Gasteiger charge is 2.58. The number of allylic oxidation sites excluding steroid dienone is 6. The quantitative estimate of drug-likeness (QED) is 0.465. The second-order valence-electron chi connectivity index (χ2n) is 12.4. The predicted octanol–water partition coefficient (Wildman–Crippen LogP) is 7.80. The number of hydrogen-bond donors (Lipinski definition) is 0. The topological polar surface area (TPSA) is 26.3 Å². The lowest BCUT2D eigenvalue weighted by Gasteiger charge is -2.55. The molecule has 0 N–H and O–H groups in total. The fraction of sp³-hybridized carbons (Fsp3) is 0.581. The molecule has 3 fully saturated rings. The van der Waals surface area contributed by atoms with Gasteiger partial charge in [-0.2, -0.15) is 0 Å². The highest BCUT2D eigenvalue weighted by molar-refractivity contribution is 5.87. The van der Waals surface area contributed by atoms with Crippen molar-refractivity contribution in [3.05, 3.63) is 59.2 Å². The van der Waals surface area contributed by atoms with Gasteiger partial charge in [0.15, 0.2) is 0 Å². The number of benzene rings is 1. The van der Waals surface area contributed by atoms with Gasteiger partial charge in [0, 0.05) is 17.3 Å². The normalized spacial score (nSPS) is 37.1. The van der Waals surface area contributed by atoms with Crippen molar-refractivity contribution in [3.8, 4) is 5.75 Å². The van der Waals surface area contributed by atoms with E-state index in [1.54, 1.807) is 12.7 Å². The summed E-state index contributed by atoms with van der Waals surface area (Å²) in [5.74, 6) is 3.39. The number of hydrogen-bond acceptors (Lipinski definition) is 2. The number of ether oxygens (including phenoxy) is 1. The zero-order valence-corrected chi connectivity index (χ0v) is 21.3. The van der Waals surface area contributed by atoms with Crippen LogP contribution in [0.3, 0.4) is 0 Å². The van der Waals surface area contributed by atoms with Gasteiger partial charge in [0.25, 0.3) is 0 Å². The first-order valence-corrected chi connectivity index (χ1v) is 12.9. The van der Waals surface area contributed by atoms with Crippen molar-refractivity contribution in [1.82, 2.24) is 0 Å². The maximum atomic E-state index is 12.7. The van der Waals surface area contributed by atoms with E-state index in [1.807, 2.05) is 0 Å². The van der Waals surface area contributed by atoms with E-state index in [0.717, 1.165) is 31.4 Å². The first-order valence-electron chi connectivity index (χ1n) is 12.9. The number of fused-ring (bicyclic) bond motifs is 5. The lowest BCUT2D eigenvalue weighted by atomic mass is 9.48. The average molecular weight is 445 g/mol. The van der Waals surface area contributed by atoms with Gasteiger partial charge >= 0.3 is 0 Å². The Morgan fingerprint density at radius 2 is 1.73 bits per heavy atom. The molecule has 4 aliphatic rings. The van der Waals surface area contributed by atoms with Gasteiger partial charge < -0.3 is 4.74 Å². The zero-order valence-electron chi connectivity index (χ0n) is 21.3. The molecule has 2 heteroatoms. The summed E-state index contributed by atoms with van der Waals surface area (Å²) in [6, 6.07) is 8.53. The monoisotopic (exact) mass is 444 g/mol. The van der Waals surface area contributed by atoms with Gasteiger partial charge in [-0.05, 0) is 84.1 Å². The average Bonchev–Trinajstić information content (AvgIpc) is 3.08. The van der Waals surface area contributed by atoms with Crippen LogP contribution in [0.4, 0.5) is 0 Å². The van der Waals surface area contributed by atoms with Crippen LogP contribution in [0.5, 0.6) is 5.75 Å². The minimum atomic E-state index is -0.0457. The molecule has 0 saturated heterocycles. The number of methoxy groups -OCH3 is 1. The van der Waals surface area contributed by atoms with E-state index in [9.17, 15) is 4.79 Å². The molecule has 33 heavy (non-hydrogen) atoms. The summed E-state index contributed by atoms with van der Waals surface area (Å²) in [5.41, 5.74) is 5.75. The van der Waals surface area contributed by atoms with E-state index in [-0.39, 0.29) is 16.2 Å². The predicted molar refractivity (Wildman–Crippen MR) is 136 cm³/mol. The highest BCUT2D eigenvalue weighted by atomic mass is 16.5. The van der Waals surface area contributed by atoms with Crippen molar-refractivity contribution in [2.45, 2.75) is 73.1 Å². The molecule has 176 valence electrons. The Bertz CT molecular complexity index is 1050. The summed E-state index contributed by atoms with van der Waals surface area (Å²) in [5, 5.41) is 0. The maximum Gasteiger partial charge on any atom is 0.139 e. The molecule has 0 amide bonds. The van der Waals surface area contributed by atoms with Crippen molar-refractivity contribution >= 4 is 11.4 Å². The van der Waals surface area contributed by atoms with Gasteiger partial charge in [0.2, 0.25) is 0 Å². The van der Waals surface area contributed by atoms with Crippen LogP contribution in [0.2, 0.25) is 0 Å². The van der Waals surface area contributed by atoms with Gasteiger partial charge in [-0.3, -0.25) is 4.79 Å².